The Labute approximate surface area is 178 Å². The van der Waals surface area contributed by atoms with E-state index in [4.69, 9.17) is 4.98 Å². The lowest BCUT2D eigenvalue weighted by Crippen LogP contribution is -2.37. The molecule has 0 radical (unpaired) electrons. The molecule has 1 saturated heterocycles. The largest absolute Gasteiger partial charge is 0.342 e. The summed E-state index contributed by atoms with van der Waals surface area (Å²) in [5.41, 5.74) is 1.83. The number of allylic oxidation sites excluding steroid dienone is 1. The number of thioether (sulfide) groups is 1. The van der Waals surface area contributed by atoms with Crippen LogP contribution in [0.3, 0.4) is 0 Å². The van der Waals surface area contributed by atoms with Gasteiger partial charge in [-0.15, -0.1) is 17.9 Å². The summed E-state index contributed by atoms with van der Waals surface area (Å²) >= 11 is 2.81. The van der Waals surface area contributed by atoms with Crippen molar-refractivity contribution in [2.75, 3.05) is 18.8 Å². The van der Waals surface area contributed by atoms with Gasteiger partial charge in [-0.3, -0.25) is 14.2 Å². The van der Waals surface area contributed by atoms with E-state index >= 15 is 0 Å². The van der Waals surface area contributed by atoms with Crippen LogP contribution in [-0.4, -0.2) is 39.2 Å². The molecular formula is C22H23N3O2S2. The van der Waals surface area contributed by atoms with Crippen molar-refractivity contribution in [3.63, 3.8) is 0 Å². The summed E-state index contributed by atoms with van der Waals surface area (Å²) in [6.07, 6.45) is 5.02. The fourth-order valence-electron chi connectivity index (χ4n) is 3.60. The first-order chi connectivity index (χ1) is 14.2. The Morgan fingerprint density at radius 1 is 1.21 bits per heavy atom. The van der Waals surface area contributed by atoms with Crippen molar-refractivity contribution < 1.29 is 4.79 Å². The van der Waals surface area contributed by atoms with Gasteiger partial charge in [0.2, 0.25) is 5.91 Å². The highest BCUT2D eigenvalue weighted by atomic mass is 32.2. The molecule has 1 amide bonds. The number of nitrogens with zero attached hydrogens (tertiary/aromatic N) is 3. The highest BCUT2D eigenvalue weighted by Gasteiger charge is 2.20. The molecule has 0 spiro atoms. The van der Waals surface area contributed by atoms with Crippen molar-refractivity contribution in [2.45, 2.75) is 31.0 Å². The third-order valence-corrected chi connectivity index (χ3v) is 6.92. The molecule has 4 rings (SSSR count). The highest BCUT2D eigenvalue weighted by Crippen LogP contribution is 2.32. The Kier molecular flexibility index (Phi) is 6.16. The van der Waals surface area contributed by atoms with E-state index in [2.05, 4.69) is 6.58 Å². The van der Waals surface area contributed by atoms with E-state index in [1.807, 2.05) is 40.6 Å². The van der Waals surface area contributed by atoms with E-state index in [0.29, 0.717) is 27.7 Å². The van der Waals surface area contributed by atoms with Crippen molar-refractivity contribution in [1.29, 1.82) is 0 Å². The molecule has 7 heteroatoms. The second kappa shape index (κ2) is 8.97. The molecule has 0 atom stereocenters. The van der Waals surface area contributed by atoms with E-state index in [-0.39, 0.29) is 11.5 Å². The lowest BCUT2D eigenvalue weighted by Gasteiger charge is -2.26. The van der Waals surface area contributed by atoms with Crippen molar-refractivity contribution in [3.05, 3.63) is 58.7 Å². The van der Waals surface area contributed by atoms with Crippen LogP contribution in [0.1, 0.15) is 19.3 Å². The highest BCUT2D eigenvalue weighted by molar-refractivity contribution is 7.99. The topological polar surface area (TPSA) is 55.2 Å². The van der Waals surface area contributed by atoms with Crippen molar-refractivity contribution in [2.24, 2.45) is 0 Å². The molecule has 0 unspecified atom stereocenters. The molecule has 0 saturated carbocycles. The third kappa shape index (κ3) is 4.16. The number of hydrogen-bond acceptors (Lipinski definition) is 5. The minimum atomic E-state index is -0.0806. The first-order valence-electron chi connectivity index (χ1n) is 9.78. The number of piperidine rings is 1. The summed E-state index contributed by atoms with van der Waals surface area (Å²) in [4.78, 5) is 33.2. The Balaban J connectivity index is 1.67. The number of likely N-dealkylation sites (tertiary alicyclic amines) is 1. The maximum atomic E-state index is 13.3. The normalized spacial score (nSPS) is 14.3. The Bertz CT molecular complexity index is 1080. The molecule has 3 heterocycles. The second-order valence-electron chi connectivity index (χ2n) is 7.02. The van der Waals surface area contributed by atoms with Gasteiger partial charge in [-0.25, -0.2) is 4.98 Å². The van der Waals surface area contributed by atoms with Gasteiger partial charge >= 0.3 is 0 Å². The molecule has 1 aliphatic heterocycles. The number of carbonyl (C=O) groups excluding carboxylic acids is 1. The summed E-state index contributed by atoms with van der Waals surface area (Å²) in [5, 5.41) is 3.20. The monoisotopic (exact) mass is 425 g/mol. The minimum absolute atomic E-state index is 0.0806. The van der Waals surface area contributed by atoms with Crippen LogP contribution < -0.4 is 5.56 Å². The Hall–Kier alpha value is -2.38. The summed E-state index contributed by atoms with van der Waals surface area (Å²) < 4.78 is 1.63. The van der Waals surface area contributed by atoms with Gasteiger partial charge in [-0.05, 0) is 24.8 Å². The van der Waals surface area contributed by atoms with Gasteiger partial charge in [0, 0.05) is 30.6 Å². The number of amides is 1. The predicted molar refractivity (Wildman–Crippen MR) is 121 cm³/mol. The molecule has 5 nitrogen and oxygen atoms in total. The van der Waals surface area contributed by atoms with Crippen LogP contribution in [-0.2, 0) is 11.3 Å². The summed E-state index contributed by atoms with van der Waals surface area (Å²) in [7, 11) is 0. The zero-order chi connectivity index (χ0) is 20.2. The fourth-order valence-corrected chi connectivity index (χ4v) is 5.50. The maximum Gasteiger partial charge on any atom is 0.263 e. The summed E-state index contributed by atoms with van der Waals surface area (Å²) in [5.74, 6) is 0.414. The molecule has 150 valence electrons. The molecule has 2 aromatic heterocycles. The van der Waals surface area contributed by atoms with Crippen LogP contribution in [0.2, 0.25) is 0 Å². The van der Waals surface area contributed by atoms with Crippen molar-refractivity contribution >= 4 is 39.2 Å². The number of benzene rings is 1. The Morgan fingerprint density at radius 3 is 2.69 bits per heavy atom. The summed E-state index contributed by atoms with van der Waals surface area (Å²) in [6, 6.07) is 9.88. The number of hydrogen-bond donors (Lipinski definition) is 0. The van der Waals surface area contributed by atoms with E-state index < -0.39 is 0 Å². The van der Waals surface area contributed by atoms with Crippen LogP contribution in [0.15, 0.2) is 58.3 Å². The van der Waals surface area contributed by atoms with E-state index in [1.165, 1.54) is 29.5 Å². The minimum Gasteiger partial charge on any atom is -0.342 e. The van der Waals surface area contributed by atoms with E-state index in [0.717, 1.165) is 37.1 Å². The van der Waals surface area contributed by atoms with Crippen molar-refractivity contribution in [3.8, 4) is 11.1 Å². The SMILES string of the molecule is C=CCn1c(SCC(=O)N2CCCCC2)nc2scc(-c3ccccc3)c2c1=O. The number of aromatic nitrogens is 2. The second-order valence-corrected chi connectivity index (χ2v) is 8.83. The van der Waals surface area contributed by atoms with Gasteiger partial charge in [0.25, 0.3) is 5.56 Å². The molecule has 1 aromatic carbocycles. The van der Waals surface area contributed by atoms with Gasteiger partial charge < -0.3 is 4.90 Å². The fraction of sp³-hybridized carbons (Fsp3) is 0.318. The van der Waals surface area contributed by atoms with E-state index in [9.17, 15) is 9.59 Å². The number of fused-ring (bicyclic) bond motifs is 1. The molecule has 1 fully saturated rings. The first kappa shape index (κ1) is 19.9. The van der Waals surface area contributed by atoms with E-state index in [1.54, 1.807) is 10.6 Å². The molecular weight excluding hydrogens is 402 g/mol. The van der Waals surface area contributed by atoms with Crippen LogP contribution in [0.4, 0.5) is 0 Å². The van der Waals surface area contributed by atoms with Crippen molar-refractivity contribution in [1.82, 2.24) is 14.5 Å². The average Bonchev–Trinajstić information content (AvgIpc) is 3.20. The van der Waals surface area contributed by atoms with Crippen LogP contribution in [0.5, 0.6) is 0 Å². The summed E-state index contributed by atoms with van der Waals surface area (Å²) in [6.45, 7) is 5.81. The first-order valence-corrected chi connectivity index (χ1v) is 11.6. The molecule has 0 N–H and O–H groups in total. The smallest absolute Gasteiger partial charge is 0.263 e. The molecule has 1 aliphatic rings. The molecule has 0 bridgehead atoms. The van der Waals surface area contributed by atoms with Gasteiger partial charge in [0.05, 0.1) is 11.1 Å². The predicted octanol–water partition coefficient (Wildman–Crippen LogP) is 4.42. The van der Waals surface area contributed by atoms with Gasteiger partial charge in [0.15, 0.2) is 5.16 Å². The molecule has 3 aromatic rings. The molecule has 0 aliphatic carbocycles. The van der Waals surface area contributed by atoms with Crippen LogP contribution in [0.25, 0.3) is 21.3 Å². The lowest BCUT2D eigenvalue weighted by molar-refractivity contribution is -0.129. The quantitative estimate of drug-likeness (QED) is 0.333. The van der Waals surface area contributed by atoms with Gasteiger partial charge in [0.1, 0.15) is 4.83 Å². The number of rotatable bonds is 6. The number of thiophene rings is 1. The maximum absolute atomic E-state index is 13.3. The van der Waals surface area contributed by atoms with Gasteiger partial charge in [-0.1, -0.05) is 48.2 Å². The average molecular weight is 426 g/mol. The zero-order valence-corrected chi connectivity index (χ0v) is 17.8. The standard InChI is InChI=1S/C22H23N3O2S2/c1-2-11-25-21(27)19-17(16-9-5-3-6-10-16)14-28-20(19)23-22(25)29-15-18(26)24-12-7-4-8-13-24/h2-3,5-6,9-10,14H,1,4,7-8,11-13,15H2. The molecule has 29 heavy (non-hydrogen) atoms. The zero-order valence-electron chi connectivity index (χ0n) is 16.2. The third-order valence-electron chi connectivity index (χ3n) is 5.09. The Morgan fingerprint density at radius 2 is 1.97 bits per heavy atom. The lowest BCUT2D eigenvalue weighted by atomic mass is 10.1. The van der Waals surface area contributed by atoms with Crippen LogP contribution >= 0.6 is 23.1 Å². The van der Waals surface area contributed by atoms with Crippen LogP contribution in [0, 0.1) is 0 Å². The number of carbonyl (C=O) groups is 1. The van der Waals surface area contributed by atoms with Gasteiger partial charge in [-0.2, -0.15) is 0 Å².